The molecule has 2 aromatic rings. The molecule has 0 aromatic heterocycles. The van der Waals surface area contributed by atoms with Crippen molar-refractivity contribution in [1.82, 2.24) is 10.2 Å². The third kappa shape index (κ3) is 5.64. The number of ether oxygens (including phenoxy) is 1. The van der Waals surface area contributed by atoms with E-state index in [9.17, 15) is 13.2 Å². The predicted octanol–water partition coefficient (Wildman–Crippen LogP) is 3.17. The lowest BCUT2D eigenvalue weighted by Gasteiger charge is -2.32. The first kappa shape index (κ1) is 24.3. The highest BCUT2D eigenvalue weighted by Crippen LogP contribution is 2.31. The number of sulfonamides is 1. The third-order valence-electron chi connectivity index (χ3n) is 6.46. The summed E-state index contributed by atoms with van der Waals surface area (Å²) in [5, 5.41) is 3.32. The summed E-state index contributed by atoms with van der Waals surface area (Å²) in [6.07, 6.45) is 1.98. The number of carbonyl (C=O) groups is 1. The van der Waals surface area contributed by atoms with Crippen molar-refractivity contribution in [3.05, 3.63) is 48.0 Å². The Morgan fingerprint density at radius 2 is 1.74 bits per heavy atom. The molecule has 2 aliphatic rings. The second kappa shape index (κ2) is 10.7. The van der Waals surface area contributed by atoms with E-state index in [1.165, 1.54) is 12.1 Å². The van der Waals surface area contributed by atoms with Crippen LogP contribution >= 0.6 is 0 Å². The first-order chi connectivity index (χ1) is 16.4. The number of anilines is 2. The molecule has 2 fully saturated rings. The first-order valence-corrected chi connectivity index (χ1v) is 13.5. The Hall–Kier alpha value is -2.78. The molecule has 2 aromatic carbocycles. The molecular formula is C25H34N4O4S. The van der Waals surface area contributed by atoms with Gasteiger partial charge in [0, 0.05) is 44.8 Å². The van der Waals surface area contributed by atoms with Gasteiger partial charge >= 0.3 is 0 Å². The van der Waals surface area contributed by atoms with Gasteiger partial charge in [-0.25, -0.2) is 8.42 Å². The van der Waals surface area contributed by atoms with Gasteiger partial charge in [-0.3, -0.25) is 9.52 Å². The fourth-order valence-corrected chi connectivity index (χ4v) is 5.48. The molecule has 0 atom stereocenters. The van der Waals surface area contributed by atoms with E-state index in [2.05, 4.69) is 21.9 Å². The van der Waals surface area contributed by atoms with E-state index in [1.807, 2.05) is 24.0 Å². The van der Waals surface area contributed by atoms with Crippen molar-refractivity contribution in [2.75, 3.05) is 55.5 Å². The number of likely N-dealkylation sites (tertiary alicyclic amines) is 1. The van der Waals surface area contributed by atoms with Gasteiger partial charge in [-0.1, -0.05) is 6.92 Å². The zero-order chi connectivity index (χ0) is 24.1. The van der Waals surface area contributed by atoms with Crippen molar-refractivity contribution < 1.29 is 17.9 Å². The van der Waals surface area contributed by atoms with Gasteiger partial charge < -0.3 is 19.9 Å². The fourth-order valence-electron chi connectivity index (χ4n) is 4.41. The zero-order valence-electron chi connectivity index (χ0n) is 19.9. The monoisotopic (exact) mass is 486 g/mol. The summed E-state index contributed by atoms with van der Waals surface area (Å²) in [4.78, 5) is 17.3. The summed E-state index contributed by atoms with van der Waals surface area (Å²) in [6.45, 7) is 9.20. The molecule has 2 saturated heterocycles. The van der Waals surface area contributed by atoms with Crippen molar-refractivity contribution in [3.63, 3.8) is 0 Å². The second-order valence-electron chi connectivity index (χ2n) is 8.95. The quantitative estimate of drug-likeness (QED) is 0.625. The van der Waals surface area contributed by atoms with Crippen LogP contribution in [0.3, 0.4) is 0 Å². The van der Waals surface area contributed by atoms with Gasteiger partial charge in [0.25, 0.3) is 15.9 Å². The minimum atomic E-state index is -3.85. The van der Waals surface area contributed by atoms with Gasteiger partial charge in [0.15, 0.2) is 0 Å². The molecule has 0 unspecified atom stereocenters. The summed E-state index contributed by atoms with van der Waals surface area (Å²) < 4.78 is 34.7. The highest BCUT2D eigenvalue weighted by Gasteiger charge is 2.25. The van der Waals surface area contributed by atoms with Crippen LogP contribution in [0.5, 0.6) is 5.75 Å². The van der Waals surface area contributed by atoms with E-state index < -0.39 is 10.0 Å². The van der Waals surface area contributed by atoms with Crippen molar-refractivity contribution in [2.24, 2.45) is 5.92 Å². The lowest BCUT2D eigenvalue weighted by Crippen LogP contribution is -2.44. The van der Waals surface area contributed by atoms with Crippen LogP contribution in [-0.2, 0) is 10.0 Å². The van der Waals surface area contributed by atoms with Crippen molar-refractivity contribution in [2.45, 2.75) is 31.6 Å². The molecule has 0 radical (unpaired) electrons. The average Bonchev–Trinajstić information content (AvgIpc) is 2.85. The van der Waals surface area contributed by atoms with E-state index >= 15 is 0 Å². The summed E-state index contributed by atoms with van der Waals surface area (Å²) in [5.41, 5.74) is 1.70. The predicted molar refractivity (Wildman–Crippen MR) is 134 cm³/mol. The molecule has 2 N–H and O–H groups in total. The lowest BCUT2D eigenvalue weighted by atomic mass is 9.98. The van der Waals surface area contributed by atoms with Crippen molar-refractivity contribution in [1.29, 1.82) is 0 Å². The van der Waals surface area contributed by atoms with Crippen molar-refractivity contribution in [3.8, 4) is 5.75 Å². The third-order valence-corrected chi connectivity index (χ3v) is 7.84. The number of hydrogen-bond acceptors (Lipinski definition) is 6. The standard InChI is InChI=1S/C25H34N4O4S/c1-3-33-21-5-7-22(8-6-21)34(31,32)27-23-18-20(25(30)29-14-10-19(2)11-15-29)4-9-24(23)28-16-12-26-13-17-28/h4-9,18-19,26-27H,3,10-17H2,1-2H3. The van der Waals surface area contributed by atoms with Crippen LogP contribution in [0.25, 0.3) is 0 Å². The second-order valence-corrected chi connectivity index (χ2v) is 10.6. The molecule has 0 saturated carbocycles. The molecule has 1 amide bonds. The van der Waals surface area contributed by atoms with Crippen LogP contribution in [0.15, 0.2) is 47.4 Å². The normalized spacial score (nSPS) is 17.5. The molecule has 9 heteroatoms. The topological polar surface area (TPSA) is 91.0 Å². The molecular weight excluding hydrogens is 452 g/mol. The maximum absolute atomic E-state index is 13.2. The van der Waals surface area contributed by atoms with E-state index in [4.69, 9.17) is 4.74 Å². The lowest BCUT2D eigenvalue weighted by molar-refractivity contribution is 0.0697. The number of hydrogen-bond donors (Lipinski definition) is 2. The largest absolute Gasteiger partial charge is 0.494 e. The summed E-state index contributed by atoms with van der Waals surface area (Å²) in [5.74, 6) is 1.18. The van der Waals surface area contributed by atoms with E-state index in [1.54, 1.807) is 18.2 Å². The summed E-state index contributed by atoms with van der Waals surface area (Å²) in [7, 11) is -3.85. The van der Waals surface area contributed by atoms with Gasteiger partial charge in [0.2, 0.25) is 0 Å². The van der Waals surface area contributed by atoms with Gasteiger partial charge in [-0.15, -0.1) is 0 Å². The summed E-state index contributed by atoms with van der Waals surface area (Å²) in [6, 6.07) is 11.7. The molecule has 184 valence electrons. The molecule has 0 aliphatic carbocycles. The number of rotatable bonds is 7. The van der Waals surface area contributed by atoms with Crippen LogP contribution < -0.4 is 19.7 Å². The van der Waals surface area contributed by atoms with Gasteiger partial charge in [-0.2, -0.15) is 0 Å². The van der Waals surface area contributed by atoms with Crippen molar-refractivity contribution >= 4 is 27.3 Å². The van der Waals surface area contributed by atoms with E-state index in [-0.39, 0.29) is 10.8 Å². The van der Waals surface area contributed by atoms with E-state index in [0.29, 0.717) is 29.5 Å². The Morgan fingerprint density at radius 1 is 1.06 bits per heavy atom. The Balaban J connectivity index is 1.63. The highest BCUT2D eigenvalue weighted by molar-refractivity contribution is 7.92. The number of nitrogens with one attached hydrogen (secondary N) is 2. The minimum absolute atomic E-state index is 0.0553. The number of nitrogens with zero attached hydrogens (tertiary/aromatic N) is 2. The first-order valence-electron chi connectivity index (χ1n) is 12.0. The van der Waals surface area contributed by atoms with Crippen LogP contribution in [0.1, 0.15) is 37.0 Å². The highest BCUT2D eigenvalue weighted by atomic mass is 32.2. The smallest absolute Gasteiger partial charge is 0.261 e. The number of carbonyl (C=O) groups excluding carboxylic acids is 1. The average molecular weight is 487 g/mol. The minimum Gasteiger partial charge on any atom is -0.494 e. The maximum atomic E-state index is 13.2. The molecule has 0 spiro atoms. The van der Waals surface area contributed by atoms with Gasteiger partial charge in [-0.05, 0) is 68.1 Å². The fraction of sp³-hybridized carbons (Fsp3) is 0.480. The Bertz CT molecular complexity index is 1090. The van der Waals surface area contributed by atoms with Crippen LogP contribution in [0, 0.1) is 5.92 Å². The molecule has 34 heavy (non-hydrogen) atoms. The molecule has 8 nitrogen and oxygen atoms in total. The maximum Gasteiger partial charge on any atom is 0.261 e. The Kier molecular flexibility index (Phi) is 7.63. The summed E-state index contributed by atoms with van der Waals surface area (Å²) >= 11 is 0. The molecule has 0 bridgehead atoms. The van der Waals surface area contributed by atoms with Crippen LogP contribution in [-0.4, -0.2) is 65.1 Å². The van der Waals surface area contributed by atoms with Crippen LogP contribution in [0.4, 0.5) is 11.4 Å². The Morgan fingerprint density at radius 3 is 2.38 bits per heavy atom. The molecule has 2 heterocycles. The van der Waals surface area contributed by atoms with Gasteiger partial charge in [0.05, 0.1) is 22.9 Å². The molecule has 4 rings (SSSR count). The number of amides is 1. The van der Waals surface area contributed by atoms with E-state index in [0.717, 1.165) is 57.8 Å². The molecule has 2 aliphatic heterocycles. The Labute approximate surface area is 202 Å². The number of piperazine rings is 1. The van der Waals surface area contributed by atoms with Crippen LogP contribution in [0.2, 0.25) is 0 Å². The zero-order valence-corrected chi connectivity index (χ0v) is 20.7. The number of piperidine rings is 1. The van der Waals surface area contributed by atoms with Gasteiger partial charge in [0.1, 0.15) is 5.75 Å². The number of benzene rings is 2. The SMILES string of the molecule is CCOc1ccc(S(=O)(=O)Nc2cc(C(=O)N3CCC(C)CC3)ccc2N2CCNCC2)cc1.